The van der Waals surface area contributed by atoms with Crippen molar-refractivity contribution >= 4 is 22.8 Å². The van der Waals surface area contributed by atoms with Crippen LogP contribution in [0.15, 0.2) is 18.2 Å². The average Bonchev–Trinajstić information content (AvgIpc) is 3.18. The lowest BCUT2D eigenvalue weighted by Crippen LogP contribution is -2.41. The van der Waals surface area contributed by atoms with Crippen LogP contribution in [0.3, 0.4) is 0 Å². The topological polar surface area (TPSA) is 85.6 Å². The van der Waals surface area contributed by atoms with Gasteiger partial charge in [0.1, 0.15) is 17.2 Å². The number of carbonyl (C=O) groups excluding carboxylic acids is 1. The van der Waals surface area contributed by atoms with Crippen LogP contribution in [0.2, 0.25) is 0 Å². The molecule has 2 aliphatic heterocycles. The molecule has 1 aromatic carbocycles. The maximum atomic E-state index is 15.0. The number of likely N-dealkylation sites (tertiary alicyclic amines) is 1. The van der Waals surface area contributed by atoms with Gasteiger partial charge >= 0.3 is 6.09 Å². The highest BCUT2D eigenvalue weighted by molar-refractivity contribution is 5.83. The summed E-state index contributed by atoms with van der Waals surface area (Å²) in [6.07, 6.45) is 1.36. The van der Waals surface area contributed by atoms with Gasteiger partial charge in [0.2, 0.25) is 5.95 Å². The van der Waals surface area contributed by atoms with Crippen molar-refractivity contribution in [3.63, 3.8) is 0 Å². The monoisotopic (exact) mass is 510 g/mol. The Balaban J connectivity index is 1.44. The van der Waals surface area contributed by atoms with Gasteiger partial charge < -0.3 is 19.3 Å². The van der Waals surface area contributed by atoms with Crippen molar-refractivity contribution in [3.05, 3.63) is 41.1 Å². The Kier molecular flexibility index (Phi) is 6.78. The molecular formula is C27H35FN6O3. The van der Waals surface area contributed by atoms with Crippen molar-refractivity contribution < 1.29 is 18.7 Å². The van der Waals surface area contributed by atoms with Crippen molar-refractivity contribution in [2.24, 2.45) is 0 Å². The lowest BCUT2D eigenvalue weighted by atomic mass is 9.86. The number of aryl methyl sites for hydroxylation is 2. The highest BCUT2D eigenvalue weighted by Crippen LogP contribution is 2.34. The number of benzene rings is 1. The molecule has 2 aliphatic rings. The molecule has 2 aromatic heterocycles. The van der Waals surface area contributed by atoms with E-state index in [1.807, 2.05) is 52.8 Å². The van der Waals surface area contributed by atoms with E-state index in [1.54, 1.807) is 9.58 Å². The quantitative estimate of drug-likeness (QED) is 0.512. The van der Waals surface area contributed by atoms with Crippen molar-refractivity contribution in [2.45, 2.75) is 59.0 Å². The summed E-state index contributed by atoms with van der Waals surface area (Å²) in [5, 5.41) is 4.70. The summed E-state index contributed by atoms with van der Waals surface area (Å²) in [5.41, 5.74) is 2.34. The minimum Gasteiger partial charge on any atom is -0.444 e. The first-order chi connectivity index (χ1) is 17.6. The first kappa shape index (κ1) is 25.4. The fourth-order valence-electron chi connectivity index (χ4n) is 5.16. The summed E-state index contributed by atoms with van der Waals surface area (Å²) in [7, 11) is 0. The maximum absolute atomic E-state index is 15.0. The second-order valence-corrected chi connectivity index (χ2v) is 10.9. The number of halogens is 1. The van der Waals surface area contributed by atoms with Crippen LogP contribution in [0.1, 0.15) is 56.5 Å². The van der Waals surface area contributed by atoms with E-state index in [2.05, 4.69) is 20.0 Å². The Labute approximate surface area is 216 Å². The third-order valence-corrected chi connectivity index (χ3v) is 6.97. The number of hydrogen-bond donors (Lipinski definition) is 0. The van der Waals surface area contributed by atoms with Crippen molar-refractivity contribution in [3.8, 4) is 5.82 Å². The molecule has 1 amide bonds. The van der Waals surface area contributed by atoms with Crippen LogP contribution in [0.4, 0.5) is 15.0 Å². The number of anilines is 1. The summed E-state index contributed by atoms with van der Waals surface area (Å²) in [6, 6.07) is 5.78. The Morgan fingerprint density at radius 3 is 2.38 bits per heavy atom. The normalized spacial score (nSPS) is 17.5. The number of morpholine rings is 1. The predicted molar refractivity (Wildman–Crippen MR) is 139 cm³/mol. The maximum Gasteiger partial charge on any atom is 0.410 e. The molecule has 10 heteroatoms. The molecule has 0 aliphatic carbocycles. The van der Waals surface area contributed by atoms with Gasteiger partial charge in [-0.25, -0.2) is 19.4 Å². The second-order valence-electron chi connectivity index (χ2n) is 10.9. The third kappa shape index (κ3) is 5.39. The van der Waals surface area contributed by atoms with E-state index in [0.717, 1.165) is 42.9 Å². The van der Waals surface area contributed by atoms with Crippen molar-refractivity contribution in [1.29, 1.82) is 0 Å². The summed E-state index contributed by atoms with van der Waals surface area (Å²) in [6.45, 7) is 13.5. The van der Waals surface area contributed by atoms with Crippen molar-refractivity contribution in [1.82, 2.24) is 24.6 Å². The zero-order chi connectivity index (χ0) is 26.3. The molecule has 0 atom stereocenters. The second kappa shape index (κ2) is 9.89. The smallest absolute Gasteiger partial charge is 0.410 e. The molecule has 0 saturated carbocycles. The van der Waals surface area contributed by atoms with E-state index in [-0.39, 0.29) is 12.0 Å². The number of fused-ring (bicyclic) bond motifs is 1. The van der Waals surface area contributed by atoms with Crippen LogP contribution in [0, 0.1) is 19.8 Å². The van der Waals surface area contributed by atoms with Crippen LogP contribution < -0.4 is 4.90 Å². The minimum atomic E-state index is -0.520. The molecular weight excluding hydrogens is 475 g/mol. The van der Waals surface area contributed by atoms with Gasteiger partial charge in [0.05, 0.1) is 24.1 Å². The van der Waals surface area contributed by atoms with Crippen LogP contribution in [0.25, 0.3) is 16.7 Å². The lowest BCUT2D eigenvalue weighted by Gasteiger charge is -2.34. The summed E-state index contributed by atoms with van der Waals surface area (Å²) in [5.74, 6) is 1.66. The summed E-state index contributed by atoms with van der Waals surface area (Å²) < 4.78 is 27.6. The van der Waals surface area contributed by atoms with Crippen LogP contribution in [-0.2, 0) is 9.47 Å². The fraction of sp³-hybridized carbons (Fsp3) is 0.556. The van der Waals surface area contributed by atoms with Gasteiger partial charge in [0.25, 0.3) is 0 Å². The number of ether oxygens (including phenoxy) is 2. The molecule has 0 unspecified atom stereocenters. The molecule has 0 bridgehead atoms. The number of carbonyl (C=O) groups is 1. The third-order valence-electron chi connectivity index (χ3n) is 6.97. The van der Waals surface area contributed by atoms with Crippen molar-refractivity contribution in [2.75, 3.05) is 44.3 Å². The fourth-order valence-corrected chi connectivity index (χ4v) is 5.16. The van der Waals surface area contributed by atoms with E-state index in [0.29, 0.717) is 48.8 Å². The van der Waals surface area contributed by atoms with E-state index >= 15 is 4.39 Å². The predicted octanol–water partition coefficient (Wildman–Crippen LogP) is 4.52. The molecule has 5 rings (SSSR count). The van der Waals surface area contributed by atoms with Crippen LogP contribution in [0.5, 0.6) is 0 Å². The van der Waals surface area contributed by atoms with E-state index in [1.165, 1.54) is 0 Å². The number of rotatable bonds is 3. The van der Waals surface area contributed by atoms with E-state index in [9.17, 15) is 4.79 Å². The number of amides is 1. The van der Waals surface area contributed by atoms with Gasteiger partial charge in [0, 0.05) is 32.2 Å². The Bertz CT molecular complexity index is 1300. The Morgan fingerprint density at radius 2 is 1.70 bits per heavy atom. The molecule has 4 heterocycles. The highest BCUT2D eigenvalue weighted by Gasteiger charge is 2.29. The zero-order valence-electron chi connectivity index (χ0n) is 22.3. The molecule has 0 spiro atoms. The van der Waals surface area contributed by atoms with Crippen LogP contribution >= 0.6 is 0 Å². The molecule has 3 aromatic rings. The summed E-state index contributed by atoms with van der Waals surface area (Å²) >= 11 is 0. The van der Waals surface area contributed by atoms with E-state index in [4.69, 9.17) is 9.47 Å². The standard InChI is InChI=1S/C27H35FN6O3/c1-17-14-21-22(15-20(17)19-6-8-33(9-7-19)26(35)37-27(3,4)5)34(31-25(21)28)24-16-23(29-18(2)30-24)32-10-12-36-13-11-32/h14-16,19H,6-13H2,1-5H3. The first-order valence-corrected chi connectivity index (χ1v) is 12.9. The van der Waals surface area contributed by atoms with Gasteiger partial charge in [-0.05, 0) is 76.6 Å². The molecule has 198 valence electrons. The Morgan fingerprint density at radius 1 is 1.03 bits per heavy atom. The van der Waals surface area contributed by atoms with Gasteiger partial charge in [-0.2, -0.15) is 4.39 Å². The molecule has 37 heavy (non-hydrogen) atoms. The number of aromatic nitrogens is 4. The lowest BCUT2D eigenvalue weighted by molar-refractivity contribution is 0.0205. The first-order valence-electron chi connectivity index (χ1n) is 12.9. The highest BCUT2D eigenvalue weighted by atomic mass is 19.1. The SMILES string of the molecule is Cc1nc(N2CCOCC2)cc(-n2nc(F)c3cc(C)c(C4CCN(C(=O)OC(C)(C)C)CC4)cc32)n1. The number of hydrogen-bond acceptors (Lipinski definition) is 7. The largest absolute Gasteiger partial charge is 0.444 e. The van der Waals surface area contributed by atoms with Gasteiger partial charge in [-0.1, -0.05) is 0 Å². The molecule has 0 N–H and O–H groups in total. The Hall–Kier alpha value is -3.27. The van der Waals surface area contributed by atoms with Crippen LogP contribution in [-0.4, -0.2) is 75.7 Å². The number of nitrogens with zero attached hydrogens (tertiary/aromatic N) is 6. The number of piperidine rings is 1. The summed E-state index contributed by atoms with van der Waals surface area (Å²) in [4.78, 5) is 25.6. The van der Waals surface area contributed by atoms with Gasteiger partial charge in [-0.15, -0.1) is 5.10 Å². The van der Waals surface area contributed by atoms with Gasteiger partial charge in [-0.3, -0.25) is 0 Å². The minimum absolute atomic E-state index is 0.255. The zero-order valence-corrected chi connectivity index (χ0v) is 22.3. The van der Waals surface area contributed by atoms with E-state index < -0.39 is 11.5 Å². The molecule has 2 fully saturated rings. The molecule has 9 nitrogen and oxygen atoms in total. The van der Waals surface area contributed by atoms with Gasteiger partial charge in [0.15, 0.2) is 5.82 Å². The molecule has 0 radical (unpaired) electrons. The average molecular weight is 511 g/mol. The molecule has 2 saturated heterocycles.